The number of rotatable bonds is 4. The molecule has 19 heavy (non-hydrogen) atoms. The predicted octanol–water partition coefficient (Wildman–Crippen LogP) is 2.92. The van der Waals surface area contributed by atoms with Gasteiger partial charge in [-0.1, -0.05) is 12.8 Å². The van der Waals surface area contributed by atoms with Gasteiger partial charge in [0.05, 0.1) is 0 Å². The average molecular weight is 262 g/mol. The summed E-state index contributed by atoms with van der Waals surface area (Å²) < 4.78 is 0. The topological polar surface area (TPSA) is 38.0 Å². The lowest BCUT2D eigenvalue weighted by Gasteiger charge is -2.56. The lowest BCUT2D eigenvalue weighted by atomic mass is 9.50. The van der Waals surface area contributed by atoms with E-state index in [0.29, 0.717) is 6.04 Å². The van der Waals surface area contributed by atoms with Crippen LogP contribution in [0.4, 0.5) is 0 Å². The Hall–Kier alpha value is -0.0800. The van der Waals surface area contributed by atoms with E-state index in [-0.39, 0.29) is 0 Å². The van der Waals surface area contributed by atoms with Crippen molar-refractivity contribution in [1.29, 1.82) is 0 Å². The van der Waals surface area contributed by atoms with Crippen LogP contribution in [0.25, 0.3) is 0 Å². The van der Waals surface area contributed by atoms with Gasteiger partial charge < -0.3 is 11.1 Å². The Kier molecular flexibility index (Phi) is 3.35. The van der Waals surface area contributed by atoms with E-state index in [9.17, 15) is 0 Å². The van der Waals surface area contributed by atoms with Gasteiger partial charge >= 0.3 is 0 Å². The van der Waals surface area contributed by atoms with Crippen LogP contribution in [-0.2, 0) is 0 Å². The Morgan fingerprint density at radius 3 is 2.05 bits per heavy atom. The highest BCUT2D eigenvalue weighted by atomic mass is 14.9. The van der Waals surface area contributed by atoms with Gasteiger partial charge in [0.1, 0.15) is 0 Å². The lowest BCUT2D eigenvalue weighted by Crippen LogP contribution is -2.54. The molecule has 1 atom stereocenters. The van der Waals surface area contributed by atoms with Crippen LogP contribution in [0.1, 0.15) is 57.8 Å². The van der Waals surface area contributed by atoms with Crippen molar-refractivity contribution in [2.45, 2.75) is 69.9 Å². The van der Waals surface area contributed by atoms with Gasteiger partial charge in [-0.25, -0.2) is 0 Å². The second-order valence-electron chi connectivity index (χ2n) is 8.06. The number of hydrogen-bond acceptors (Lipinski definition) is 2. The Morgan fingerprint density at radius 1 is 0.895 bits per heavy atom. The fourth-order valence-corrected chi connectivity index (χ4v) is 6.24. The molecule has 0 aromatic heterocycles. The highest BCUT2D eigenvalue weighted by Crippen LogP contribution is 2.57. The zero-order valence-electron chi connectivity index (χ0n) is 12.2. The Morgan fingerprint density at radius 2 is 1.47 bits per heavy atom. The van der Waals surface area contributed by atoms with Crippen molar-refractivity contribution in [2.24, 2.45) is 35.3 Å². The molecule has 5 aliphatic carbocycles. The molecule has 5 fully saturated rings. The number of nitrogens with one attached hydrogen (secondary N) is 1. The third kappa shape index (κ3) is 2.35. The molecule has 4 bridgehead atoms. The summed E-state index contributed by atoms with van der Waals surface area (Å²) in [4.78, 5) is 0. The van der Waals surface area contributed by atoms with E-state index < -0.39 is 0 Å². The molecule has 0 aromatic rings. The molecular weight excluding hydrogens is 232 g/mol. The first-order valence-electron chi connectivity index (χ1n) is 8.78. The second-order valence-corrected chi connectivity index (χ2v) is 8.06. The monoisotopic (exact) mass is 262 g/mol. The van der Waals surface area contributed by atoms with Crippen molar-refractivity contribution < 1.29 is 0 Å². The molecule has 2 heteroatoms. The molecule has 0 aliphatic heterocycles. The van der Waals surface area contributed by atoms with Gasteiger partial charge in [-0.15, -0.1) is 0 Å². The standard InChI is InChI=1S/C17H30N2/c18-16(10-19-15-3-1-2-4-15)17-13-6-11-5-12(8-13)9-14(17)7-11/h11-17,19H,1-10,18H2. The molecule has 5 saturated carbocycles. The number of hydrogen-bond donors (Lipinski definition) is 2. The van der Waals surface area contributed by atoms with Crippen molar-refractivity contribution in [2.75, 3.05) is 6.54 Å². The molecule has 0 spiro atoms. The fraction of sp³-hybridized carbons (Fsp3) is 1.00. The lowest BCUT2D eigenvalue weighted by molar-refractivity contribution is -0.0465. The minimum atomic E-state index is 0.426. The zero-order valence-corrected chi connectivity index (χ0v) is 12.2. The maximum Gasteiger partial charge on any atom is 0.0199 e. The normalized spacial score (nSPS) is 46.9. The van der Waals surface area contributed by atoms with Gasteiger partial charge in [0, 0.05) is 18.6 Å². The molecule has 0 saturated heterocycles. The van der Waals surface area contributed by atoms with E-state index in [1.165, 1.54) is 51.4 Å². The summed E-state index contributed by atoms with van der Waals surface area (Å²) in [5, 5.41) is 3.77. The van der Waals surface area contributed by atoms with Crippen LogP contribution < -0.4 is 11.1 Å². The van der Waals surface area contributed by atoms with E-state index in [1.807, 2.05) is 0 Å². The third-order valence-electron chi connectivity index (χ3n) is 6.79. The fourth-order valence-electron chi connectivity index (χ4n) is 6.24. The zero-order chi connectivity index (χ0) is 12.8. The van der Waals surface area contributed by atoms with Gasteiger partial charge in [-0.3, -0.25) is 0 Å². The third-order valence-corrected chi connectivity index (χ3v) is 6.79. The maximum absolute atomic E-state index is 6.61. The molecule has 3 N–H and O–H groups in total. The number of nitrogens with two attached hydrogens (primary N) is 1. The Balaban J connectivity index is 1.35. The van der Waals surface area contributed by atoms with Crippen molar-refractivity contribution in [3.05, 3.63) is 0 Å². The SMILES string of the molecule is NC(CNC1CCCC1)C1C2CC3CC(C2)CC1C3. The molecule has 0 amide bonds. The Labute approximate surface area is 117 Å². The quantitative estimate of drug-likeness (QED) is 0.817. The minimum absolute atomic E-state index is 0.426. The van der Waals surface area contributed by atoms with Crippen LogP contribution in [0, 0.1) is 29.6 Å². The summed E-state index contributed by atoms with van der Waals surface area (Å²) in [5.41, 5.74) is 6.61. The highest BCUT2D eigenvalue weighted by Gasteiger charge is 2.49. The summed E-state index contributed by atoms with van der Waals surface area (Å²) in [5.74, 6) is 4.97. The molecule has 5 aliphatic rings. The van der Waals surface area contributed by atoms with Gasteiger partial charge in [-0.05, 0) is 74.5 Å². The molecule has 0 aromatic carbocycles. The van der Waals surface area contributed by atoms with Crippen LogP contribution >= 0.6 is 0 Å². The van der Waals surface area contributed by atoms with Crippen molar-refractivity contribution in [1.82, 2.24) is 5.32 Å². The first kappa shape index (κ1) is 12.6. The van der Waals surface area contributed by atoms with Crippen LogP contribution in [0.2, 0.25) is 0 Å². The summed E-state index contributed by atoms with van der Waals surface area (Å²) >= 11 is 0. The molecule has 2 nitrogen and oxygen atoms in total. The molecular formula is C17H30N2. The van der Waals surface area contributed by atoms with E-state index in [1.54, 1.807) is 6.42 Å². The first-order chi connectivity index (χ1) is 9.29. The first-order valence-corrected chi connectivity index (χ1v) is 8.78. The summed E-state index contributed by atoms with van der Waals surface area (Å²) in [7, 11) is 0. The van der Waals surface area contributed by atoms with Crippen LogP contribution in [0.5, 0.6) is 0 Å². The summed E-state index contributed by atoms with van der Waals surface area (Å²) in [6.45, 7) is 1.08. The van der Waals surface area contributed by atoms with Crippen molar-refractivity contribution >= 4 is 0 Å². The highest BCUT2D eigenvalue weighted by molar-refractivity contribution is 5.01. The molecule has 0 heterocycles. The van der Waals surface area contributed by atoms with Crippen molar-refractivity contribution in [3.8, 4) is 0 Å². The minimum Gasteiger partial charge on any atom is -0.326 e. The molecule has 108 valence electrons. The molecule has 1 unspecified atom stereocenters. The summed E-state index contributed by atoms with van der Waals surface area (Å²) in [6, 6.07) is 1.21. The van der Waals surface area contributed by atoms with Gasteiger partial charge in [0.15, 0.2) is 0 Å². The molecule has 5 rings (SSSR count). The van der Waals surface area contributed by atoms with Gasteiger partial charge in [0.2, 0.25) is 0 Å². The second kappa shape index (κ2) is 5.04. The van der Waals surface area contributed by atoms with Crippen LogP contribution in [-0.4, -0.2) is 18.6 Å². The maximum atomic E-state index is 6.61. The average Bonchev–Trinajstić information content (AvgIpc) is 2.88. The van der Waals surface area contributed by atoms with Crippen LogP contribution in [0.3, 0.4) is 0 Å². The van der Waals surface area contributed by atoms with E-state index >= 15 is 0 Å². The largest absolute Gasteiger partial charge is 0.326 e. The smallest absolute Gasteiger partial charge is 0.0199 e. The van der Waals surface area contributed by atoms with Crippen LogP contribution in [0.15, 0.2) is 0 Å². The van der Waals surface area contributed by atoms with Gasteiger partial charge in [-0.2, -0.15) is 0 Å². The van der Waals surface area contributed by atoms with E-state index in [4.69, 9.17) is 5.73 Å². The van der Waals surface area contributed by atoms with E-state index in [0.717, 1.165) is 42.2 Å². The molecule has 0 radical (unpaired) electrons. The van der Waals surface area contributed by atoms with Gasteiger partial charge in [0.25, 0.3) is 0 Å². The Bertz CT molecular complexity index is 293. The predicted molar refractivity (Wildman–Crippen MR) is 78.8 cm³/mol. The van der Waals surface area contributed by atoms with E-state index in [2.05, 4.69) is 5.32 Å². The summed E-state index contributed by atoms with van der Waals surface area (Å²) in [6.07, 6.45) is 13.2. The van der Waals surface area contributed by atoms with Crippen molar-refractivity contribution in [3.63, 3.8) is 0 Å².